The van der Waals surface area contributed by atoms with Crippen molar-refractivity contribution in [3.05, 3.63) is 71.7 Å². The smallest absolute Gasteiger partial charge is 0.222 e. The minimum Gasteiger partial charge on any atom is -0.361 e. The van der Waals surface area contributed by atoms with Gasteiger partial charge in [0.1, 0.15) is 5.82 Å². The van der Waals surface area contributed by atoms with Crippen LogP contribution in [0, 0.1) is 5.82 Å². The van der Waals surface area contributed by atoms with Crippen LogP contribution in [0.25, 0.3) is 10.9 Å². The van der Waals surface area contributed by atoms with Gasteiger partial charge in [-0.2, -0.15) is 0 Å². The molecule has 0 saturated carbocycles. The Morgan fingerprint density at radius 2 is 1.86 bits per heavy atom. The molecule has 3 nitrogen and oxygen atoms in total. The highest BCUT2D eigenvalue weighted by Crippen LogP contribution is 2.33. The van der Waals surface area contributed by atoms with Crippen LogP contribution < -0.4 is 0 Å². The number of H-pyrrole nitrogens is 1. The van der Waals surface area contributed by atoms with Gasteiger partial charge in [-0.05, 0) is 67.3 Å². The van der Waals surface area contributed by atoms with Crippen molar-refractivity contribution in [2.24, 2.45) is 0 Å². The number of carbonyl (C=O) groups is 1. The number of piperidine rings is 1. The molecule has 1 fully saturated rings. The summed E-state index contributed by atoms with van der Waals surface area (Å²) in [6, 6.07) is 15.4. The van der Waals surface area contributed by atoms with Gasteiger partial charge in [-0.3, -0.25) is 4.79 Å². The van der Waals surface area contributed by atoms with Crippen molar-refractivity contribution >= 4 is 16.8 Å². The van der Waals surface area contributed by atoms with Crippen molar-refractivity contribution in [3.8, 4) is 0 Å². The van der Waals surface area contributed by atoms with Crippen molar-refractivity contribution < 1.29 is 9.18 Å². The van der Waals surface area contributed by atoms with Gasteiger partial charge in [0.2, 0.25) is 5.91 Å². The van der Waals surface area contributed by atoms with Crippen LogP contribution in [0.2, 0.25) is 0 Å². The lowest BCUT2D eigenvalue weighted by atomic mass is 9.89. The molecule has 2 heterocycles. The lowest BCUT2D eigenvalue weighted by molar-refractivity contribution is -0.132. The second-order valence-corrected chi connectivity index (χ2v) is 7.78. The van der Waals surface area contributed by atoms with Gasteiger partial charge < -0.3 is 9.88 Å². The zero-order valence-corrected chi connectivity index (χ0v) is 16.2. The summed E-state index contributed by atoms with van der Waals surface area (Å²) >= 11 is 0. The third kappa shape index (κ3) is 4.27. The Balaban J connectivity index is 1.25. The van der Waals surface area contributed by atoms with E-state index in [0.29, 0.717) is 12.3 Å². The number of hydrogen-bond acceptors (Lipinski definition) is 1. The topological polar surface area (TPSA) is 36.1 Å². The number of aromatic nitrogens is 1. The van der Waals surface area contributed by atoms with E-state index in [4.69, 9.17) is 0 Å². The van der Waals surface area contributed by atoms with Gasteiger partial charge >= 0.3 is 0 Å². The molecule has 3 aromatic rings. The average Bonchev–Trinajstić information content (AvgIpc) is 3.15. The number of aromatic amines is 1. The number of unbranched alkanes of at least 4 members (excludes halogenated alkanes) is 1. The molecule has 0 spiro atoms. The fourth-order valence-corrected chi connectivity index (χ4v) is 4.31. The number of fused-ring (bicyclic) bond motifs is 1. The van der Waals surface area contributed by atoms with Crippen LogP contribution in [0.3, 0.4) is 0 Å². The molecule has 28 heavy (non-hydrogen) atoms. The van der Waals surface area contributed by atoms with Crippen molar-refractivity contribution in [2.45, 2.75) is 44.4 Å². The van der Waals surface area contributed by atoms with E-state index in [1.807, 2.05) is 23.2 Å². The Labute approximate surface area is 165 Å². The number of nitrogens with zero attached hydrogens (tertiary/aromatic N) is 1. The number of likely N-dealkylation sites (tertiary alicyclic amines) is 1. The first-order valence-electron chi connectivity index (χ1n) is 10.3. The fourth-order valence-electron chi connectivity index (χ4n) is 4.31. The molecular formula is C24H27FN2O. The molecule has 2 aromatic carbocycles. The minimum atomic E-state index is -0.214. The fraction of sp³-hybridized carbons (Fsp3) is 0.375. The summed E-state index contributed by atoms with van der Waals surface area (Å²) in [5.41, 5.74) is 3.45. The van der Waals surface area contributed by atoms with E-state index in [9.17, 15) is 9.18 Å². The van der Waals surface area contributed by atoms with Crippen molar-refractivity contribution in [3.63, 3.8) is 0 Å². The van der Waals surface area contributed by atoms with Crippen molar-refractivity contribution in [1.82, 2.24) is 9.88 Å². The molecule has 0 unspecified atom stereocenters. The molecule has 1 aromatic heterocycles. The number of rotatable bonds is 6. The highest BCUT2D eigenvalue weighted by atomic mass is 19.1. The van der Waals surface area contributed by atoms with Crippen LogP contribution >= 0.6 is 0 Å². The number of carbonyl (C=O) groups excluding carboxylic acids is 1. The summed E-state index contributed by atoms with van der Waals surface area (Å²) < 4.78 is 13.4. The first-order valence-corrected chi connectivity index (χ1v) is 10.3. The predicted molar refractivity (Wildman–Crippen MR) is 111 cm³/mol. The van der Waals surface area contributed by atoms with Crippen molar-refractivity contribution in [1.29, 1.82) is 0 Å². The minimum absolute atomic E-state index is 0.214. The van der Waals surface area contributed by atoms with Gasteiger partial charge in [-0.25, -0.2) is 4.39 Å². The Kier molecular flexibility index (Phi) is 5.75. The number of benzene rings is 2. The van der Waals surface area contributed by atoms with Crippen LogP contribution in [-0.4, -0.2) is 28.9 Å². The Bertz CT molecular complexity index is 926. The molecule has 1 aliphatic heterocycles. The van der Waals surface area contributed by atoms with E-state index >= 15 is 0 Å². The summed E-state index contributed by atoms with van der Waals surface area (Å²) in [4.78, 5) is 17.7. The largest absolute Gasteiger partial charge is 0.361 e. The molecular weight excluding hydrogens is 351 g/mol. The standard InChI is InChI=1S/C24H27FN2O/c25-20-10-11-21-22(17-26-23(21)16-20)19-12-14-27(15-13-19)24(28)9-5-4-8-18-6-2-1-3-7-18/h1-3,6-7,10-11,16-17,19,26H,4-5,8-9,12-15H2. The lowest BCUT2D eigenvalue weighted by Gasteiger charge is -2.32. The average molecular weight is 378 g/mol. The molecule has 1 aliphatic rings. The predicted octanol–water partition coefficient (Wildman–Crippen LogP) is 5.43. The SMILES string of the molecule is O=C(CCCCc1ccccc1)N1CCC(c2c[nH]c3cc(F)ccc23)CC1. The normalized spacial score (nSPS) is 15.2. The number of hydrogen-bond donors (Lipinski definition) is 1. The van der Waals surface area contributed by atoms with Gasteiger partial charge in [0, 0.05) is 36.6 Å². The van der Waals surface area contributed by atoms with Gasteiger partial charge in [-0.15, -0.1) is 0 Å². The first-order chi connectivity index (χ1) is 13.7. The maximum absolute atomic E-state index is 13.4. The summed E-state index contributed by atoms with van der Waals surface area (Å²) in [6.07, 6.45) is 7.64. The lowest BCUT2D eigenvalue weighted by Crippen LogP contribution is -2.37. The highest BCUT2D eigenvalue weighted by molar-refractivity contribution is 5.84. The molecule has 1 N–H and O–H groups in total. The van der Waals surface area contributed by atoms with E-state index in [-0.39, 0.29) is 11.7 Å². The highest BCUT2D eigenvalue weighted by Gasteiger charge is 2.25. The second kappa shape index (κ2) is 8.59. The summed E-state index contributed by atoms with van der Waals surface area (Å²) in [6.45, 7) is 1.63. The van der Waals surface area contributed by atoms with E-state index in [1.165, 1.54) is 17.2 Å². The van der Waals surface area contributed by atoms with Crippen LogP contribution in [0.1, 0.15) is 49.1 Å². The third-order valence-corrected chi connectivity index (χ3v) is 5.91. The Morgan fingerprint density at radius 1 is 1.07 bits per heavy atom. The maximum atomic E-state index is 13.4. The maximum Gasteiger partial charge on any atom is 0.222 e. The van der Waals surface area contributed by atoms with Crippen LogP contribution in [0.15, 0.2) is 54.7 Å². The summed E-state index contributed by atoms with van der Waals surface area (Å²) in [5.74, 6) is 0.502. The van der Waals surface area contributed by atoms with Crippen LogP contribution in [0.5, 0.6) is 0 Å². The van der Waals surface area contributed by atoms with Crippen LogP contribution in [-0.2, 0) is 11.2 Å². The zero-order valence-electron chi connectivity index (χ0n) is 16.2. The second-order valence-electron chi connectivity index (χ2n) is 7.78. The molecule has 4 heteroatoms. The van der Waals surface area contributed by atoms with Gasteiger partial charge in [-0.1, -0.05) is 30.3 Å². The summed E-state index contributed by atoms with van der Waals surface area (Å²) in [7, 11) is 0. The number of aryl methyl sites for hydroxylation is 1. The molecule has 0 radical (unpaired) electrons. The monoisotopic (exact) mass is 378 g/mol. The quantitative estimate of drug-likeness (QED) is 0.571. The zero-order chi connectivity index (χ0) is 19.3. The summed E-state index contributed by atoms with van der Waals surface area (Å²) in [5, 5.41) is 1.10. The molecule has 1 saturated heterocycles. The molecule has 1 amide bonds. The van der Waals surface area contributed by atoms with Crippen molar-refractivity contribution in [2.75, 3.05) is 13.1 Å². The van der Waals surface area contributed by atoms with E-state index in [2.05, 4.69) is 29.2 Å². The van der Waals surface area contributed by atoms with Gasteiger partial charge in [0.05, 0.1) is 0 Å². The van der Waals surface area contributed by atoms with Crippen LogP contribution in [0.4, 0.5) is 4.39 Å². The molecule has 0 aliphatic carbocycles. The Morgan fingerprint density at radius 3 is 2.64 bits per heavy atom. The number of halogens is 1. The van der Waals surface area contributed by atoms with Gasteiger partial charge in [0.15, 0.2) is 0 Å². The Hall–Kier alpha value is -2.62. The van der Waals surface area contributed by atoms with Gasteiger partial charge in [0.25, 0.3) is 0 Å². The number of nitrogens with one attached hydrogen (secondary N) is 1. The van der Waals surface area contributed by atoms with E-state index in [0.717, 1.165) is 56.1 Å². The molecule has 0 atom stereocenters. The molecule has 146 valence electrons. The first kappa shape index (κ1) is 18.7. The van der Waals surface area contributed by atoms with E-state index < -0.39 is 0 Å². The third-order valence-electron chi connectivity index (χ3n) is 5.91. The number of amides is 1. The molecule has 0 bridgehead atoms. The molecule has 4 rings (SSSR count). The van der Waals surface area contributed by atoms with E-state index in [1.54, 1.807) is 6.07 Å².